The van der Waals surface area contributed by atoms with Crippen LogP contribution in [0.5, 0.6) is 0 Å². The second-order valence-electron chi connectivity index (χ2n) is 2.81. The van der Waals surface area contributed by atoms with E-state index in [-0.39, 0.29) is 40.4 Å². The summed E-state index contributed by atoms with van der Waals surface area (Å²) in [5, 5.41) is 0. The number of nitrogens with zero attached hydrogens (tertiary/aromatic N) is 1. The van der Waals surface area contributed by atoms with Gasteiger partial charge in [0.05, 0.1) is 0 Å². The molecule has 0 spiro atoms. The first kappa shape index (κ1) is 14.8. The molecular weight excluding hydrogens is 225 g/mol. The molecule has 1 atom stereocenters. The predicted octanol–water partition coefficient (Wildman–Crippen LogP) is -2.09. The molecule has 1 aromatic carbocycles. The fourth-order valence-electron chi connectivity index (χ4n) is 0.963. The van der Waals surface area contributed by atoms with Crippen LogP contribution in [0, 0.1) is 0 Å². The van der Waals surface area contributed by atoms with Crippen LogP contribution in [0.1, 0.15) is 6.92 Å². The Labute approximate surface area is 113 Å². The molecule has 0 saturated carbocycles. The molecule has 0 aromatic heterocycles. The van der Waals surface area contributed by atoms with Crippen LogP contribution >= 0.6 is 0 Å². The van der Waals surface area contributed by atoms with Gasteiger partial charge in [-0.15, -0.1) is 0 Å². The van der Waals surface area contributed by atoms with Gasteiger partial charge in [-0.05, 0) is 35.3 Å². The van der Waals surface area contributed by atoms with Crippen molar-refractivity contribution in [2.45, 2.75) is 11.8 Å². The van der Waals surface area contributed by atoms with Crippen molar-refractivity contribution in [3.8, 4) is 0 Å². The molecule has 0 aliphatic rings. The number of carbonyl (C=O) groups excluding carboxylic acids is 1. The summed E-state index contributed by atoms with van der Waals surface area (Å²) >= 11 is -2.21. The number of anilines is 1. The Kier molecular flexibility index (Phi) is 6.31. The summed E-state index contributed by atoms with van der Waals surface area (Å²) < 4.78 is 21.1. The van der Waals surface area contributed by atoms with Crippen molar-refractivity contribution in [2.75, 3.05) is 11.9 Å². The molecule has 0 saturated heterocycles. The maximum Gasteiger partial charge on any atom is 1.00 e. The van der Waals surface area contributed by atoms with Crippen LogP contribution in [0.2, 0.25) is 0 Å². The molecule has 15 heavy (non-hydrogen) atoms. The van der Waals surface area contributed by atoms with E-state index in [2.05, 4.69) is 0 Å². The molecule has 0 heterocycles. The van der Waals surface area contributed by atoms with Crippen LogP contribution in [-0.2, 0) is 15.9 Å². The fraction of sp³-hybridized carbons (Fsp3) is 0.222. The standard InChI is InChI=1S/C9H11NO3S.Na/c1-7(11)10(2)8-3-5-9(6-4-8)14(12)13;/h3-6H,1-2H3,(H,12,13);/q;+1/p-1. The molecule has 1 unspecified atom stereocenters. The van der Waals surface area contributed by atoms with Crippen LogP contribution in [-0.4, -0.2) is 21.7 Å². The van der Waals surface area contributed by atoms with E-state index in [1.54, 1.807) is 19.2 Å². The third-order valence-corrected chi connectivity index (χ3v) is 2.55. The zero-order valence-corrected chi connectivity index (χ0v) is 11.7. The second-order valence-corrected chi connectivity index (χ2v) is 3.75. The Morgan fingerprint density at radius 3 is 2.13 bits per heavy atom. The van der Waals surface area contributed by atoms with Crippen LogP contribution in [0.3, 0.4) is 0 Å². The number of rotatable bonds is 2. The molecule has 0 aliphatic heterocycles. The molecule has 4 nitrogen and oxygen atoms in total. The van der Waals surface area contributed by atoms with Crippen LogP contribution in [0.15, 0.2) is 29.2 Å². The Balaban J connectivity index is 0.00000196. The molecule has 76 valence electrons. The molecule has 0 fully saturated rings. The predicted molar refractivity (Wildman–Crippen MR) is 52.7 cm³/mol. The third kappa shape index (κ3) is 4.04. The van der Waals surface area contributed by atoms with Crippen molar-refractivity contribution in [2.24, 2.45) is 0 Å². The summed E-state index contributed by atoms with van der Waals surface area (Å²) in [6, 6.07) is 6.09. The summed E-state index contributed by atoms with van der Waals surface area (Å²) in [5.41, 5.74) is 0.673. The van der Waals surface area contributed by atoms with Crippen molar-refractivity contribution in [1.29, 1.82) is 0 Å². The Hall–Kier alpha value is -0.200. The topological polar surface area (TPSA) is 60.4 Å². The minimum Gasteiger partial charge on any atom is -0.768 e. The average molecular weight is 235 g/mol. The van der Waals surface area contributed by atoms with Crippen LogP contribution in [0.4, 0.5) is 5.69 Å². The maximum absolute atomic E-state index is 11.0. The number of carbonyl (C=O) groups is 1. The van der Waals surface area contributed by atoms with Crippen molar-refractivity contribution < 1.29 is 43.1 Å². The van der Waals surface area contributed by atoms with Gasteiger partial charge in [0.25, 0.3) is 0 Å². The van der Waals surface area contributed by atoms with E-state index < -0.39 is 11.1 Å². The molecule has 6 heteroatoms. The van der Waals surface area contributed by atoms with Crippen LogP contribution < -0.4 is 34.5 Å². The van der Waals surface area contributed by atoms with Crippen molar-refractivity contribution in [1.82, 2.24) is 0 Å². The van der Waals surface area contributed by atoms with E-state index in [0.29, 0.717) is 5.69 Å². The van der Waals surface area contributed by atoms with Crippen LogP contribution in [0.25, 0.3) is 0 Å². The quantitative estimate of drug-likeness (QED) is 0.436. The van der Waals surface area contributed by atoms with E-state index in [9.17, 15) is 13.6 Å². The minimum absolute atomic E-state index is 0. The van der Waals surface area contributed by atoms with E-state index in [1.165, 1.54) is 24.0 Å². The number of hydrogen-bond donors (Lipinski definition) is 0. The largest absolute Gasteiger partial charge is 1.00 e. The monoisotopic (exact) mass is 235 g/mol. The van der Waals surface area contributed by atoms with Gasteiger partial charge in [-0.2, -0.15) is 0 Å². The number of hydrogen-bond acceptors (Lipinski definition) is 3. The van der Waals surface area contributed by atoms with Crippen molar-refractivity contribution >= 4 is 22.7 Å². The van der Waals surface area contributed by atoms with Gasteiger partial charge in [0.2, 0.25) is 5.91 Å². The summed E-state index contributed by atoms with van der Waals surface area (Å²) in [6.07, 6.45) is 0. The molecule has 0 N–H and O–H groups in total. The summed E-state index contributed by atoms with van der Waals surface area (Å²) in [5.74, 6) is -0.0963. The Morgan fingerprint density at radius 2 is 1.80 bits per heavy atom. The van der Waals surface area contributed by atoms with Crippen molar-refractivity contribution in [3.05, 3.63) is 24.3 Å². The van der Waals surface area contributed by atoms with E-state index in [1.807, 2.05) is 0 Å². The first-order valence-corrected chi connectivity index (χ1v) is 5.03. The van der Waals surface area contributed by atoms with Gasteiger partial charge in [-0.3, -0.25) is 9.00 Å². The van der Waals surface area contributed by atoms with Gasteiger partial charge in [0.1, 0.15) is 0 Å². The average Bonchev–Trinajstić information content (AvgIpc) is 2.16. The van der Waals surface area contributed by atoms with Crippen molar-refractivity contribution in [3.63, 3.8) is 0 Å². The second kappa shape index (κ2) is 6.40. The summed E-state index contributed by atoms with van der Waals surface area (Å²) in [4.78, 5) is 12.6. The normalized spacial score (nSPS) is 11.4. The smallest absolute Gasteiger partial charge is 0.768 e. The fourth-order valence-corrected chi connectivity index (χ4v) is 1.32. The molecule has 1 amide bonds. The molecular formula is C9H10NNaO3S. The maximum atomic E-state index is 11.0. The number of benzene rings is 1. The third-order valence-electron chi connectivity index (χ3n) is 1.89. The first-order valence-electron chi connectivity index (χ1n) is 3.96. The van der Waals surface area contributed by atoms with Gasteiger partial charge in [0, 0.05) is 24.6 Å². The Bertz CT molecular complexity index is 366. The van der Waals surface area contributed by atoms with E-state index in [0.717, 1.165) is 0 Å². The van der Waals surface area contributed by atoms with Gasteiger partial charge in [-0.1, -0.05) is 0 Å². The van der Waals surface area contributed by atoms with Gasteiger partial charge in [-0.25, -0.2) is 0 Å². The van der Waals surface area contributed by atoms with E-state index in [4.69, 9.17) is 0 Å². The summed E-state index contributed by atoms with van der Waals surface area (Å²) in [6.45, 7) is 1.44. The van der Waals surface area contributed by atoms with Gasteiger partial charge < -0.3 is 9.45 Å². The summed E-state index contributed by atoms with van der Waals surface area (Å²) in [7, 11) is 1.63. The zero-order chi connectivity index (χ0) is 10.7. The molecule has 0 radical (unpaired) electrons. The molecule has 1 aromatic rings. The first-order chi connectivity index (χ1) is 6.52. The van der Waals surface area contributed by atoms with E-state index >= 15 is 0 Å². The molecule has 0 aliphatic carbocycles. The van der Waals surface area contributed by atoms with Gasteiger partial charge in [0.15, 0.2) is 0 Å². The SMILES string of the molecule is CC(=O)N(C)c1ccc(S(=O)[O-])cc1.[Na+]. The Morgan fingerprint density at radius 1 is 1.33 bits per heavy atom. The molecule has 1 rings (SSSR count). The van der Waals surface area contributed by atoms with Gasteiger partial charge >= 0.3 is 29.6 Å². The number of amides is 1. The molecule has 0 bridgehead atoms. The zero-order valence-electron chi connectivity index (χ0n) is 8.89. The minimum atomic E-state index is -2.21.